The number of thioether (sulfide) groups is 1. The topological polar surface area (TPSA) is 21.3 Å². The molecule has 1 N–H and O–H groups in total. The predicted octanol–water partition coefficient (Wildman–Crippen LogP) is 3.50. The Balaban J connectivity index is 1.86. The molecule has 98 valence electrons. The fourth-order valence-corrected chi connectivity index (χ4v) is 4.38. The normalized spacial score (nSPS) is 30.9. The maximum Gasteiger partial charge on any atom is 0.124 e. The Kier molecular flexibility index (Phi) is 3.73. The fourth-order valence-electron chi connectivity index (χ4n) is 2.88. The van der Waals surface area contributed by atoms with Gasteiger partial charge < -0.3 is 10.1 Å². The Bertz CT molecular complexity index is 434. The summed E-state index contributed by atoms with van der Waals surface area (Å²) in [5, 5.41) is 4.18. The zero-order valence-electron chi connectivity index (χ0n) is 10.5. The summed E-state index contributed by atoms with van der Waals surface area (Å²) in [7, 11) is 2.02. The quantitative estimate of drug-likeness (QED) is 0.898. The van der Waals surface area contributed by atoms with Crippen molar-refractivity contribution in [1.82, 2.24) is 5.32 Å². The van der Waals surface area contributed by atoms with Crippen LogP contribution in [-0.4, -0.2) is 24.7 Å². The number of fused-ring (bicyclic) bond motifs is 1. The first kappa shape index (κ1) is 12.6. The molecule has 2 heterocycles. The van der Waals surface area contributed by atoms with Gasteiger partial charge in [-0.3, -0.25) is 0 Å². The van der Waals surface area contributed by atoms with Gasteiger partial charge in [0.1, 0.15) is 11.9 Å². The molecule has 2 aliphatic heterocycles. The molecule has 0 amide bonds. The van der Waals surface area contributed by atoms with Gasteiger partial charge in [0.05, 0.1) is 0 Å². The molecular formula is C14H18ClNOS. The van der Waals surface area contributed by atoms with Crippen LogP contribution in [0.1, 0.15) is 24.4 Å². The van der Waals surface area contributed by atoms with Crippen LogP contribution < -0.4 is 10.1 Å². The van der Waals surface area contributed by atoms with Crippen molar-refractivity contribution in [2.75, 3.05) is 18.6 Å². The molecule has 0 saturated carbocycles. The SMILES string of the molecule is CNC1CC(C2CCSC2)Oc2ccc(Cl)cc21. The van der Waals surface area contributed by atoms with Crippen molar-refractivity contribution in [2.45, 2.75) is 25.0 Å². The van der Waals surface area contributed by atoms with Gasteiger partial charge in [-0.25, -0.2) is 0 Å². The van der Waals surface area contributed by atoms with E-state index in [2.05, 4.69) is 5.32 Å². The molecule has 0 aromatic heterocycles. The molecule has 0 spiro atoms. The molecule has 2 aliphatic rings. The minimum absolute atomic E-state index is 0.353. The third-order valence-corrected chi connectivity index (χ3v) is 5.36. The zero-order valence-corrected chi connectivity index (χ0v) is 12.1. The van der Waals surface area contributed by atoms with Gasteiger partial charge in [0, 0.05) is 29.0 Å². The summed E-state index contributed by atoms with van der Waals surface area (Å²) in [5.41, 5.74) is 1.20. The van der Waals surface area contributed by atoms with E-state index in [4.69, 9.17) is 16.3 Å². The van der Waals surface area contributed by atoms with E-state index < -0.39 is 0 Å². The molecule has 4 heteroatoms. The first-order valence-corrected chi connectivity index (χ1v) is 8.02. The summed E-state index contributed by atoms with van der Waals surface area (Å²) in [4.78, 5) is 0. The number of rotatable bonds is 2. The molecule has 1 saturated heterocycles. The summed E-state index contributed by atoms with van der Waals surface area (Å²) in [6.45, 7) is 0. The second kappa shape index (κ2) is 5.32. The Hall–Kier alpha value is -0.380. The highest BCUT2D eigenvalue weighted by Crippen LogP contribution is 2.40. The lowest BCUT2D eigenvalue weighted by Crippen LogP contribution is -2.36. The van der Waals surface area contributed by atoms with E-state index >= 15 is 0 Å². The Morgan fingerprint density at radius 3 is 3.06 bits per heavy atom. The molecule has 0 radical (unpaired) electrons. The molecule has 0 aliphatic carbocycles. The first-order chi connectivity index (χ1) is 8.78. The Labute approximate surface area is 117 Å². The van der Waals surface area contributed by atoms with Crippen LogP contribution in [0.15, 0.2) is 18.2 Å². The Morgan fingerprint density at radius 1 is 1.44 bits per heavy atom. The highest BCUT2D eigenvalue weighted by Gasteiger charge is 2.34. The molecule has 1 aromatic carbocycles. The van der Waals surface area contributed by atoms with Crippen molar-refractivity contribution in [3.8, 4) is 5.75 Å². The molecule has 3 rings (SSSR count). The minimum atomic E-state index is 0.353. The van der Waals surface area contributed by atoms with E-state index in [1.54, 1.807) is 0 Å². The summed E-state index contributed by atoms with van der Waals surface area (Å²) in [5.74, 6) is 4.23. The van der Waals surface area contributed by atoms with Crippen LogP contribution in [0.4, 0.5) is 0 Å². The van der Waals surface area contributed by atoms with Crippen molar-refractivity contribution >= 4 is 23.4 Å². The van der Waals surface area contributed by atoms with E-state index in [1.165, 1.54) is 23.5 Å². The molecule has 2 nitrogen and oxygen atoms in total. The van der Waals surface area contributed by atoms with Crippen molar-refractivity contribution in [1.29, 1.82) is 0 Å². The van der Waals surface area contributed by atoms with Crippen molar-refractivity contribution < 1.29 is 4.74 Å². The highest BCUT2D eigenvalue weighted by molar-refractivity contribution is 7.99. The number of nitrogens with one attached hydrogen (secondary N) is 1. The molecular weight excluding hydrogens is 266 g/mol. The van der Waals surface area contributed by atoms with E-state index in [0.717, 1.165) is 17.2 Å². The number of hydrogen-bond acceptors (Lipinski definition) is 3. The zero-order chi connectivity index (χ0) is 12.5. The average molecular weight is 284 g/mol. The smallest absolute Gasteiger partial charge is 0.124 e. The molecule has 3 unspecified atom stereocenters. The van der Waals surface area contributed by atoms with Gasteiger partial charge in [-0.05, 0) is 43.2 Å². The van der Waals surface area contributed by atoms with Crippen LogP contribution >= 0.6 is 23.4 Å². The lowest BCUT2D eigenvalue weighted by atomic mass is 9.89. The predicted molar refractivity (Wildman–Crippen MR) is 77.7 cm³/mol. The van der Waals surface area contributed by atoms with Crippen LogP contribution in [0.3, 0.4) is 0 Å². The number of halogens is 1. The minimum Gasteiger partial charge on any atom is -0.490 e. The first-order valence-electron chi connectivity index (χ1n) is 6.49. The van der Waals surface area contributed by atoms with Crippen molar-refractivity contribution in [2.24, 2.45) is 5.92 Å². The average Bonchev–Trinajstić information content (AvgIpc) is 2.91. The number of ether oxygens (including phenoxy) is 1. The van der Waals surface area contributed by atoms with E-state index in [9.17, 15) is 0 Å². The van der Waals surface area contributed by atoms with Crippen LogP contribution in [0.5, 0.6) is 5.75 Å². The van der Waals surface area contributed by atoms with E-state index in [0.29, 0.717) is 18.1 Å². The van der Waals surface area contributed by atoms with Gasteiger partial charge >= 0.3 is 0 Å². The van der Waals surface area contributed by atoms with Crippen molar-refractivity contribution in [3.05, 3.63) is 28.8 Å². The maximum atomic E-state index is 6.19. The van der Waals surface area contributed by atoms with Crippen LogP contribution in [0.25, 0.3) is 0 Å². The van der Waals surface area contributed by atoms with Gasteiger partial charge in [0.15, 0.2) is 0 Å². The van der Waals surface area contributed by atoms with Gasteiger partial charge in [0.2, 0.25) is 0 Å². The second-order valence-electron chi connectivity index (χ2n) is 5.04. The van der Waals surface area contributed by atoms with Gasteiger partial charge in [-0.15, -0.1) is 0 Å². The van der Waals surface area contributed by atoms with Gasteiger partial charge in [0.25, 0.3) is 0 Å². The monoisotopic (exact) mass is 283 g/mol. The standard InChI is InChI=1S/C14H18ClNOS/c1-16-12-7-14(9-4-5-18-8-9)17-13-3-2-10(15)6-11(12)13/h2-3,6,9,12,14,16H,4-5,7-8H2,1H3. The summed E-state index contributed by atoms with van der Waals surface area (Å²) < 4.78 is 6.19. The summed E-state index contributed by atoms with van der Waals surface area (Å²) in [6, 6.07) is 6.32. The highest BCUT2D eigenvalue weighted by atomic mass is 35.5. The lowest BCUT2D eigenvalue weighted by molar-refractivity contribution is 0.104. The van der Waals surface area contributed by atoms with Crippen molar-refractivity contribution in [3.63, 3.8) is 0 Å². The summed E-state index contributed by atoms with van der Waals surface area (Å²) >= 11 is 8.12. The van der Waals surface area contributed by atoms with Gasteiger partial charge in [-0.2, -0.15) is 11.8 Å². The number of hydrogen-bond donors (Lipinski definition) is 1. The molecule has 3 atom stereocenters. The van der Waals surface area contributed by atoms with Gasteiger partial charge in [-0.1, -0.05) is 11.6 Å². The van der Waals surface area contributed by atoms with Crippen LogP contribution in [0.2, 0.25) is 5.02 Å². The number of benzene rings is 1. The lowest BCUT2D eigenvalue weighted by Gasteiger charge is -2.35. The van der Waals surface area contributed by atoms with Crippen LogP contribution in [0, 0.1) is 5.92 Å². The third-order valence-electron chi connectivity index (χ3n) is 3.93. The van der Waals surface area contributed by atoms with Crippen LogP contribution in [-0.2, 0) is 0 Å². The fraction of sp³-hybridized carbons (Fsp3) is 0.571. The molecule has 18 heavy (non-hydrogen) atoms. The second-order valence-corrected chi connectivity index (χ2v) is 6.63. The summed E-state index contributed by atoms with van der Waals surface area (Å²) in [6.07, 6.45) is 2.69. The molecule has 1 fully saturated rings. The van der Waals surface area contributed by atoms with E-state index in [-0.39, 0.29) is 0 Å². The largest absolute Gasteiger partial charge is 0.490 e. The molecule has 0 bridgehead atoms. The van der Waals surface area contributed by atoms with E-state index in [1.807, 2.05) is 37.0 Å². The molecule has 1 aromatic rings. The Morgan fingerprint density at radius 2 is 2.33 bits per heavy atom. The third kappa shape index (κ3) is 2.36. The maximum absolute atomic E-state index is 6.19.